The van der Waals surface area contributed by atoms with Crippen molar-refractivity contribution < 1.29 is 0 Å². The van der Waals surface area contributed by atoms with Gasteiger partial charge in [0.05, 0.1) is 34.9 Å². The molecular formula is C28H26N6. The first kappa shape index (κ1) is 20.8. The lowest BCUT2D eigenvalue weighted by Crippen LogP contribution is -2.31. The van der Waals surface area contributed by atoms with Gasteiger partial charge in [-0.05, 0) is 69.0 Å². The minimum absolute atomic E-state index is 0.445. The van der Waals surface area contributed by atoms with Crippen molar-refractivity contribution in [3.63, 3.8) is 0 Å². The molecule has 168 valence electrons. The van der Waals surface area contributed by atoms with E-state index in [1.54, 1.807) is 6.20 Å². The van der Waals surface area contributed by atoms with Crippen LogP contribution in [0.3, 0.4) is 0 Å². The van der Waals surface area contributed by atoms with E-state index in [2.05, 4.69) is 61.0 Å². The first-order valence-corrected chi connectivity index (χ1v) is 11.9. The molecule has 0 saturated carbocycles. The quantitative estimate of drug-likeness (QED) is 0.469. The van der Waals surface area contributed by atoms with Crippen LogP contribution in [-0.2, 0) is 6.42 Å². The van der Waals surface area contributed by atoms with Crippen molar-refractivity contribution in [1.82, 2.24) is 29.8 Å². The predicted octanol–water partition coefficient (Wildman–Crippen LogP) is 4.15. The average molecular weight is 447 g/mol. The summed E-state index contributed by atoms with van der Waals surface area (Å²) < 4.78 is 2.33. The van der Waals surface area contributed by atoms with Crippen LogP contribution in [0.4, 0.5) is 0 Å². The van der Waals surface area contributed by atoms with E-state index in [-0.39, 0.29) is 0 Å². The van der Waals surface area contributed by atoms with E-state index in [1.165, 1.54) is 18.4 Å². The summed E-state index contributed by atoms with van der Waals surface area (Å²) in [6.07, 6.45) is 9.15. The van der Waals surface area contributed by atoms with Crippen LogP contribution >= 0.6 is 0 Å². The van der Waals surface area contributed by atoms with Crippen LogP contribution < -0.4 is 5.32 Å². The Hall–Kier alpha value is -3.82. The number of allylic oxidation sites excluding steroid dienone is 1. The smallest absolute Gasteiger partial charge is 0.132 e. The minimum atomic E-state index is 0.445. The Bertz CT molecular complexity index is 1470. The number of aromatic nitrogens is 5. The van der Waals surface area contributed by atoms with Crippen LogP contribution in [0.25, 0.3) is 16.6 Å². The molecule has 4 aromatic rings. The second-order valence-corrected chi connectivity index (χ2v) is 9.12. The summed E-state index contributed by atoms with van der Waals surface area (Å²) in [5, 5.41) is 3.51. The number of hydrogen-bond acceptors (Lipinski definition) is 5. The molecule has 34 heavy (non-hydrogen) atoms. The van der Waals surface area contributed by atoms with Crippen LogP contribution in [0.2, 0.25) is 0 Å². The number of imidazole rings is 1. The van der Waals surface area contributed by atoms with E-state index in [0.29, 0.717) is 11.7 Å². The predicted molar refractivity (Wildman–Crippen MR) is 133 cm³/mol. The Morgan fingerprint density at radius 1 is 1.03 bits per heavy atom. The lowest BCUT2D eigenvalue weighted by Gasteiger charge is -2.24. The molecule has 0 spiro atoms. The lowest BCUT2D eigenvalue weighted by atomic mass is 10.0. The molecule has 6 rings (SSSR count). The Morgan fingerprint density at radius 2 is 1.91 bits per heavy atom. The van der Waals surface area contributed by atoms with E-state index in [1.807, 2.05) is 32.3 Å². The molecule has 1 aliphatic heterocycles. The fourth-order valence-electron chi connectivity index (χ4n) is 4.99. The summed E-state index contributed by atoms with van der Waals surface area (Å²) in [4.78, 5) is 18.6. The Labute approximate surface area is 199 Å². The number of piperidine rings is 1. The number of nitrogens with one attached hydrogen (secondary N) is 1. The molecule has 6 heteroatoms. The van der Waals surface area contributed by atoms with E-state index >= 15 is 0 Å². The van der Waals surface area contributed by atoms with Gasteiger partial charge in [0.15, 0.2) is 0 Å². The van der Waals surface area contributed by atoms with Crippen LogP contribution in [-0.4, -0.2) is 37.6 Å². The summed E-state index contributed by atoms with van der Waals surface area (Å²) >= 11 is 0. The molecule has 0 radical (unpaired) electrons. The lowest BCUT2D eigenvalue weighted by molar-refractivity contribution is 0.378. The highest BCUT2D eigenvalue weighted by Crippen LogP contribution is 2.33. The molecule has 0 bridgehead atoms. The van der Waals surface area contributed by atoms with Gasteiger partial charge in [0.1, 0.15) is 5.69 Å². The molecule has 0 amide bonds. The first-order valence-electron chi connectivity index (χ1n) is 11.9. The Balaban J connectivity index is 1.34. The molecule has 1 fully saturated rings. The summed E-state index contributed by atoms with van der Waals surface area (Å²) in [7, 11) is 0. The molecule has 4 heterocycles. The van der Waals surface area contributed by atoms with Crippen LogP contribution in [0, 0.1) is 25.7 Å². The highest BCUT2D eigenvalue weighted by Gasteiger charge is 2.21. The summed E-state index contributed by atoms with van der Waals surface area (Å²) in [6, 6.07) is 10.9. The molecule has 1 aliphatic carbocycles. The minimum Gasteiger partial charge on any atom is -0.326 e. The highest BCUT2D eigenvalue weighted by atomic mass is 15.1. The standard InChI is InChI=1S/C28H26N6/c1-18-12-20(13-19(2)32-18)5-7-22-15-30-26-10-8-24(28(26)33-22)21-6-9-25-27(14-21)34(17-31-25)23-4-3-11-29-16-23/h6,8-9,12-15,17,23,29H,3-4,10-11,16H2,1-2H3. The number of hydrogen-bond donors (Lipinski definition) is 1. The fourth-order valence-corrected chi connectivity index (χ4v) is 4.99. The van der Waals surface area contributed by atoms with Crippen LogP contribution in [0.15, 0.2) is 48.9 Å². The normalized spacial score (nSPS) is 17.2. The average Bonchev–Trinajstić information content (AvgIpc) is 3.46. The van der Waals surface area contributed by atoms with Crippen molar-refractivity contribution >= 4 is 16.6 Å². The van der Waals surface area contributed by atoms with Gasteiger partial charge < -0.3 is 9.88 Å². The van der Waals surface area contributed by atoms with Crippen molar-refractivity contribution in [3.8, 4) is 11.8 Å². The van der Waals surface area contributed by atoms with Gasteiger partial charge >= 0.3 is 0 Å². The number of pyridine rings is 1. The van der Waals surface area contributed by atoms with E-state index in [4.69, 9.17) is 4.98 Å². The summed E-state index contributed by atoms with van der Waals surface area (Å²) in [5.74, 6) is 6.42. The maximum Gasteiger partial charge on any atom is 0.132 e. The van der Waals surface area contributed by atoms with Crippen LogP contribution in [0.1, 0.15) is 58.5 Å². The number of aryl methyl sites for hydroxylation is 2. The molecule has 3 aromatic heterocycles. The molecule has 2 aliphatic rings. The maximum atomic E-state index is 4.90. The monoisotopic (exact) mass is 446 g/mol. The van der Waals surface area contributed by atoms with Crippen molar-refractivity contribution in [1.29, 1.82) is 0 Å². The molecule has 1 saturated heterocycles. The zero-order chi connectivity index (χ0) is 23.1. The molecule has 6 nitrogen and oxygen atoms in total. The third-order valence-corrected chi connectivity index (χ3v) is 6.57. The maximum absolute atomic E-state index is 4.90. The molecule has 1 unspecified atom stereocenters. The summed E-state index contributed by atoms with van der Waals surface area (Å²) in [6.45, 7) is 6.06. The fraction of sp³-hybridized carbons (Fsp3) is 0.286. The van der Waals surface area contributed by atoms with E-state index in [9.17, 15) is 0 Å². The zero-order valence-electron chi connectivity index (χ0n) is 19.5. The van der Waals surface area contributed by atoms with Crippen molar-refractivity contribution in [2.45, 2.75) is 39.2 Å². The van der Waals surface area contributed by atoms with Gasteiger partial charge in [-0.1, -0.05) is 18.1 Å². The second kappa shape index (κ2) is 8.51. The number of rotatable bonds is 2. The van der Waals surface area contributed by atoms with Gasteiger partial charge in [-0.15, -0.1) is 0 Å². The van der Waals surface area contributed by atoms with E-state index < -0.39 is 0 Å². The molecule has 1 aromatic carbocycles. The van der Waals surface area contributed by atoms with Crippen molar-refractivity contribution in [3.05, 3.63) is 88.5 Å². The van der Waals surface area contributed by atoms with E-state index in [0.717, 1.165) is 64.5 Å². The van der Waals surface area contributed by atoms with Crippen LogP contribution in [0.5, 0.6) is 0 Å². The Morgan fingerprint density at radius 3 is 2.74 bits per heavy atom. The Kier molecular flexibility index (Phi) is 5.20. The number of benzene rings is 1. The number of fused-ring (bicyclic) bond motifs is 2. The topological polar surface area (TPSA) is 68.5 Å². The van der Waals surface area contributed by atoms with Gasteiger partial charge in [0.2, 0.25) is 0 Å². The van der Waals surface area contributed by atoms with Gasteiger partial charge in [0, 0.05) is 41.5 Å². The largest absolute Gasteiger partial charge is 0.326 e. The van der Waals surface area contributed by atoms with Gasteiger partial charge in [-0.3, -0.25) is 9.97 Å². The zero-order valence-corrected chi connectivity index (χ0v) is 19.5. The van der Waals surface area contributed by atoms with Gasteiger partial charge in [-0.25, -0.2) is 9.97 Å². The van der Waals surface area contributed by atoms with Gasteiger partial charge in [-0.2, -0.15) is 0 Å². The molecule has 1 atom stereocenters. The van der Waals surface area contributed by atoms with Crippen molar-refractivity contribution in [2.24, 2.45) is 0 Å². The first-order chi connectivity index (χ1) is 16.6. The van der Waals surface area contributed by atoms with Crippen molar-refractivity contribution in [2.75, 3.05) is 13.1 Å². The third-order valence-electron chi connectivity index (χ3n) is 6.57. The molecule has 1 N–H and O–H groups in total. The second-order valence-electron chi connectivity index (χ2n) is 9.12. The molecular weight excluding hydrogens is 420 g/mol. The SMILES string of the molecule is Cc1cc(C#Cc2cnc3c(n2)C(c2ccc4ncn(C5CCCNC5)c4c2)=CC3)cc(C)n1. The third kappa shape index (κ3) is 3.89. The highest BCUT2D eigenvalue weighted by molar-refractivity contribution is 5.87. The van der Waals surface area contributed by atoms with Gasteiger partial charge in [0.25, 0.3) is 0 Å². The summed E-state index contributed by atoms with van der Waals surface area (Å²) in [5.41, 5.74) is 9.96. The number of nitrogens with zero attached hydrogens (tertiary/aromatic N) is 5.